The van der Waals surface area contributed by atoms with Gasteiger partial charge in [0, 0.05) is 0 Å². The van der Waals surface area contributed by atoms with Gasteiger partial charge >= 0.3 is 5.97 Å². The van der Waals surface area contributed by atoms with Crippen LogP contribution in [0.2, 0.25) is 0 Å². The van der Waals surface area contributed by atoms with E-state index in [1.54, 1.807) is 6.92 Å². The van der Waals surface area contributed by atoms with Crippen molar-refractivity contribution in [3.05, 3.63) is 0 Å². The highest BCUT2D eigenvalue weighted by atomic mass is 32.2. The number of aliphatic hydroxyl groups excluding tert-OH is 1. The predicted molar refractivity (Wildman–Crippen MR) is 45.2 cm³/mol. The molecule has 5 nitrogen and oxygen atoms in total. The lowest BCUT2D eigenvalue weighted by atomic mass is 10.3. The van der Waals surface area contributed by atoms with Crippen LogP contribution in [0.5, 0.6) is 0 Å². The van der Waals surface area contributed by atoms with E-state index in [-0.39, 0.29) is 0 Å². The third kappa shape index (κ3) is 4.20. The van der Waals surface area contributed by atoms with Crippen molar-refractivity contribution >= 4 is 23.0 Å². The van der Waals surface area contributed by atoms with Crippen LogP contribution in [-0.4, -0.2) is 39.8 Å². The SMILES string of the molecule is CCSC(=O)NC(CO)C(=O)O. The molecule has 0 rings (SSSR count). The standard InChI is InChI=1S/C6H11NO4S/c1-2-12-6(11)7-4(3-8)5(9)10/h4,8H,2-3H2,1H3,(H,7,11)(H,9,10). The molecular weight excluding hydrogens is 182 g/mol. The molecule has 0 aliphatic rings. The number of nitrogens with one attached hydrogen (secondary N) is 1. The van der Waals surface area contributed by atoms with E-state index >= 15 is 0 Å². The van der Waals surface area contributed by atoms with Gasteiger partial charge in [-0.25, -0.2) is 4.79 Å². The molecule has 0 fully saturated rings. The van der Waals surface area contributed by atoms with Crippen LogP contribution in [0.4, 0.5) is 4.79 Å². The summed E-state index contributed by atoms with van der Waals surface area (Å²) < 4.78 is 0. The summed E-state index contributed by atoms with van der Waals surface area (Å²) in [7, 11) is 0. The Balaban J connectivity index is 3.85. The second-order valence-corrected chi connectivity index (χ2v) is 3.18. The number of aliphatic carboxylic acids is 1. The Morgan fingerprint density at radius 2 is 2.17 bits per heavy atom. The fraction of sp³-hybridized carbons (Fsp3) is 0.667. The Labute approximate surface area is 74.1 Å². The van der Waals surface area contributed by atoms with Crippen molar-refractivity contribution in [2.75, 3.05) is 12.4 Å². The molecule has 0 saturated heterocycles. The van der Waals surface area contributed by atoms with Crippen LogP contribution in [0, 0.1) is 0 Å². The highest BCUT2D eigenvalue weighted by Crippen LogP contribution is 2.00. The van der Waals surface area contributed by atoms with Crippen molar-refractivity contribution in [1.82, 2.24) is 5.32 Å². The highest BCUT2D eigenvalue weighted by molar-refractivity contribution is 8.13. The van der Waals surface area contributed by atoms with Gasteiger partial charge in [0.15, 0.2) is 6.04 Å². The molecule has 0 aliphatic carbocycles. The molecule has 0 saturated carbocycles. The smallest absolute Gasteiger partial charge is 0.328 e. The first-order valence-corrected chi connectivity index (χ1v) is 4.37. The van der Waals surface area contributed by atoms with E-state index in [4.69, 9.17) is 10.2 Å². The lowest BCUT2D eigenvalue weighted by Gasteiger charge is -2.09. The van der Waals surface area contributed by atoms with Crippen LogP contribution in [0.15, 0.2) is 0 Å². The number of carbonyl (C=O) groups excluding carboxylic acids is 1. The molecule has 0 bridgehead atoms. The zero-order valence-electron chi connectivity index (χ0n) is 6.61. The zero-order valence-corrected chi connectivity index (χ0v) is 7.43. The number of hydrogen-bond donors (Lipinski definition) is 3. The van der Waals surface area contributed by atoms with Crippen LogP contribution in [-0.2, 0) is 4.79 Å². The van der Waals surface area contributed by atoms with Crippen molar-refractivity contribution in [2.24, 2.45) is 0 Å². The molecule has 6 heteroatoms. The Bertz CT molecular complexity index is 173. The summed E-state index contributed by atoms with van der Waals surface area (Å²) in [6.45, 7) is 1.18. The molecule has 0 heterocycles. The van der Waals surface area contributed by atoms with E-state index in [0.29, 0.717) is 5.75 Å². The first kappa shape index (κ1) is 11.2. The molecule has 0 aromatic heterocycles. The van der Waals surface area contributed by atoms with Crippen LogP contribution in [0.3, 0.4) is 0 Å². The van der Waals surface area contributed by atoms with E-state index in [1.165, 1.54) is 0 Å². The third-order valence-corrected chi connectivity index (χ3v) is 1.72. The lowest BCUT2D eigenvalue weighted by molar-refractivity contribution is -0.140. The van der Waals surface area contributed by atoms with Crippen molar-refractivity contribution in [1.29, 1.82) is 0 Å². The van der Waals surface area contributed by atoms with Gasteiger partial charge in [0.2, 0.25) is 0 Å². The Morgan fingerprint density at radius 3 is 2.50 bits per heavy atom. The number of hydrogen-bond acceptors (Lipinski definition) is 4. The van der Waals surface area contributed by atoms with Crippen LogP contribution in [0.1, 0.15) is 6.92 Å². The second kappa shape index (κ2) is 5.84. The van der Waals surface area contributed by atoms with E-state index in [1.807, 2.05) is 0 Å². The molecule has 0 aromatic carbocycles. The summed E-state index contributed by atoms with van der Waals surface area (Å²) >= 11 is 0.968. The van der Waals surface area contributed by atoms with Crippen LogP contribution in [0.25, 0.3) is 0 Å². The van der Waals surface area contributed by atoms with Gasteiger partial charge in [-0.1, -0.05) is 18.7 Å². The average molecular weight is 193 g/mol. The molecule has 3 N–H and O–H groups in total. The first-order valence-electron chi connectivity index (χ1n) is 3.38. The van der Waals surface area contributed by atoms with Crippen LogP contribution < -0.4 is 5.32 Å². The summed E-state index contributed by atoms with van der Waals surface area (Å²) in [6, 6.07) is -1.20. The number of amides is 1. The number of thioether (sulfide) groups is 1. The first-order chi connectivity index (χ1) is 5.61. The highest BCUT2D eigenvalue weighted by Gasteiger charge is 2.17. The Morgan fingerprint density at radius 1 is 1.58 bits per heavy atom. The molecular formula is C6H11NO4S. The fourth-order valence-electron chi connectivity index (χ4n) is 0.500. The number of aliphatic hydroxyl groups is 1. The van der Waals surface area contributed by atoms with Crippen LogP contribution >= 0.6 is 11.8 Å². The lowest BCUT2D eigenvalue weighted by Crippen LogP contribution is -2.41. The molecule has 0 radical (unpaired) electrons. The van der Waals surface area contributed by atoms with Crippen molar-refractivity contribution in [2.45, 2.75) is 13.0 Å². The average Bonchev–Trinajstić information content (AvgIpc) is 2.00. The summed E-state index contributed by atoms with van der Waals surface area (Å²) in [4.78, 5) is 21.1. The largest absolute Gasteiger partial charge is 0.480 e. The minimum absolute atomic E-state index is 0.432. The van der Waals surface area contributed by atoms with E-state index < -0.39 is 23.9 Å². The molecule has 1 unspecified atom stereocenters. The molecule has 1 atom stereocenters. The van der Waals surface area contributed by atoms with Gasteiger partial charge in [0.05, 0.1) is 6.61 Å². The minimum atomic E-state index is -1.23. The van der Waals surface area contributed by atoms with E-state index in [9.17, 15) is 9.59 Å². The molecule has 12 heavy (non-hydrogen) atoms. The maximum absolute atomic E-state index is 10.8. The Hall–Kier alpha value is -0.750. The quantitative estimate of drug-likeness (QED) is 0.580. The summed E-state index contributed by atoms with van der Waals surface area (Å²) in [5.74, 6) is -0.661. The second-order valence-electron chi connectivity index (χ2n) is 1.94. The number of carboxylic acid groups (broad SMARTS) is 1. The third-order valence-electron chi connectivity index (χ3n) is 1.05. The van der Waals surface area contributed by atoms with Gasteiger partial charge in [-0.05, 0) is 5.75 Å². The monoisotopic (exact) mass is 193 g/mol. The zero-order chi connectivity index (χ0) is 9.56. The molecule has 0 spiro atoms. The van der Waals surface area contributed by atoms with E-state index in [0.717, 1.165) is 11.8 Å². The Kier molecular flexibility index (Phi) is 5.48. The summed E-state index contributed by atoms with van der Waals surface area (Å²) in [5, 5.41) is 18.6. The van der Waals surface area contributed by atoms with Gasteiger partial charge in [0.1, 0.15) is 0 Å². The summed E-state index contributed by atoms with van der Waals surface area (Å²) in [6.07, 6.45) is 0. The number of rotatable bonds is 4. The topological polar surface area (TPSA) is 86.6 Å². The number of carbonyl (C=O) groups is 2. The maximum atomic E-state index is 10.8. The normalized spacial score (nSPS) is 12.2. The van der Waals surface area contributed by atoms with Crippen molar-refractivity contribution < 1.29 is 19.8 Å². The van der Waals surface area contributed by atoms with E-state index in [2.05, 4.69) is 5.32 Å². The van der Waals surface area contributed by atoms with Crippen molar-refractivity contribution in [3.8, 4) is 0 Å². The van der Waals surface area contributed by atoms with Crippen molar-refractivity contribution in [3.63, 3.8) is 0 Å². The van der Waals surface area contributed by atoms with Gasteiger partial charge < -0.3 is 15.5 Å². The van der Waals surface area contributed by atoms with Gasteiger partial charge in [-0.3, -0.25) is 4.79 Å². The maximum Gasteiger partial charge on any atom is 0.328 e. The molecule has 1 amide bonds. The van der Waals surface area contributed by atoms with Gasteiger partial charge in [-0.2, -0.15) is 0 Å². The predicted octanol–water partition coefficient (Wildman–Crippen LogP) is -0.105. The summed E-state index contributed by atoms with van der Waals surface area (Å²) in [5.41, 5.74) is 0. The fourth-order valence-corrected chi connectivity index (χ4v) is 0.988. The number of carboxylic acids is 1. The van der Waals surface area contributed by atoms with Gasteiger partial charge in [0.25, 0.3) is 5.24 Å². The molecule has 70 valence electrons. The van der Waals surface area contributed by atoms with Gasteiger partial charge in [-0.15, -0.1) is 0 Å². The molecule has 0 aromatic rings. The molecule has 0 aliphatic heterocycles. The minimum Gasteiger partial charge on any atom is -0.480 e.